The number of carbonyl (C=O) groups excluding carboxylic acids is 2. The number of amides is 2. The number of nitrogens with one attached hydrogen (secondary N) is 2. The first-order chi connectivity index (χ1) is 15.9. The fourth-order valence-corrected chi connectivity index (χ4v) is 2.93. The third-order valence-corrected chi connectivity index (χ3v) is 4.90. The SMILES string of the molecule is COc1ccc(NC(=O)C(C)C(=O)NN=Cc2ccc(OCc3cccc(C)c3)cc2)cc1. The minimum absolute atomic E-state index is 0.428. The molecule has 7 nitrogen and oxygen atoms in total. The Kier molecular flexibility index (Phi) is 8.18. The highest BCUT2D eigenvalue weighted by Crippen LogP contribution is 2.16. The topological polar surface area (TPSA) is 89.0 Å². The van der Waals surface area contributed by atoms with E-state index < -0.39 is 17.7 Å². The molecule has 0 spiro atoms. The Balaban J connectivity index is 1.46. The van der Waals surface area contributed by atoms with E-state index >= 15 is 0 Å². The normalized spacial score (nSPS) is 11.6. The number of aryl methyl sites for hydroxylation is 1. The van der Waals surface area contributed by atoms with Crippen LogP contribution >= 0.6 is 0 Å². The number of hydrazone groups is 1. The van der Waals surface area contributed by atoms with Crippen LogP contribution in [0.15, 0.2) is 77.9 Å². The molecule has 0 aromatic heterocycles. The lowest BCUT2D eigenvalue weighted by molar-refractivity contribution is -0.131. The summed E-state index contributed by atoms with van der Waals surface area (Å²) in [5.74, 6) is -0.430. The highest BCUT2D eigenvalue weighted by atomic mass is 16.5. The van der Waals surface area contributed by atoms with E-state index in [0.29, 0.717) is 18.0 Å². The zero-order valence-electron chi connectivity index (χ0n) is 18.9. The molecule has 0 saturated heterocycles. The fraction of sp³-hybridized carbons (Fsp3) is 0.192. The van der Waals surface area contributed by atoms with Crippen LogP contribution in [0.2, 0.25) is 0 Å². The molecule has 3 aromatic carbocycles. The van der Waals surface area contributed by atoms with E-state index in [9.17, 15) is 9.59 Å². The molecule has 170 valence electrons. The van der Waals surface area contributed by atoms with E-state index in [4.69, 9.17) is 9.47 Å². The van der Waals surface area contributed by atoms with Gasteiger partial charge in [0.15, 0.2) is 0 Å². The van der Waals surface area contributed by atoms with Gasteiger partial charge in [-0.3, -0.25) is 9.59 Å². The lowest BCUT2D eigenvalue weighted by atomic mass is 10.1. The van der Waals surface area contributed by atoms with Crippen LogP contribution < -0.4 is 20.2 Å². The third-order valence-electron chi connectivity index (χ3n) is 4.90. The second-order valence-corrected chi connectivity index (χ2v) is 7.52. The van der Waals surface area contributed by atoms with E-state index in [1.807, 2.05) is 49.4 Å². The van der Waals surface area contributed by atoms with Crippen molar-refractivity contribution in [3.8, 4) is 11.5 Å². The molecule has 3 rings (SSSR count). The average Bonchev–Trinajstić information content (AvgIpc) is 2.83. The molecule has 3 aromatic rings. The molecular formula is C26H27N3O4. The van der Waals surface area contributed by atoms with Gasteiger partial charge in [-0.25, -0.2) is 5.43 Å². The zero-order chi connectivity index (χ0) is 23.6. The molecule has 0 aliphatic rings. The highest BCUT2D eigenvalue weighted by molar-refractivity contribution is 6.06. The molecule has 0 heterocycles. The summed E-state index contributed by atoms with van der Waals surface area (Å²) in [6.07, 6.45) is 1.51. The molecule has 0 aliphatic heterocycles. The second-order valence-electron chi connectivity index (χ2n) is 7.52. The van der Waals surface area contributed by atoms with Crippen molar-refractivity contribution in [1.82, 2.24) is 5.43 Å². The smallest absolute Gasteiger partial charge is 0.252 e. The summed E-state index contributed by atoms with van der Waals surface area (Å²) in [6.45, 7) is 4.05. The zero-order valence-corrected chi connectivity index (χ0v) is 18.9. The molecule has 1 unspecified atom stereocenters. The van der Waals surface area contributed by atoms with Gasteiger partial charge in [0.05, 0.1) is 13.3 Å². The minimum Gasteiger partial charge on any atom is -0.497 e. The molecule has 2 N–H and O–H groups in total. The molecule has 0 saturated carbocycles. The summed E-state index contributed by atoms with van der Waals surface area (Å²) in [6, 6.07) is 22.4. The Morgan fingerprint density at radius 3 is 2.33 bits per heavy atom. The Bertz CT molecular complexity index is 1110. The lowest BCUT2D eigenvalue weighted by Crippen LogP contribution is -2.34. The second kappa shape index (κ2) is 11.5. The first kappa shape index (κ1) is 23.5. The Hall–Kier alpha value is -4.13. The third kappa shape index (κ3) is 7.21. The summed E-state index contributed by atoms with van der Waals surface area (Å²) in [5.41, 5.74) is 6.06. The Labute approximate surface area is 193 Å². The number of benzene rings is 3. The van der Waals surface area contributed by atoms with Crippen LogP contribution in [0.1, 0.15) is 23.6 Å². The van der Waals surface area contributed by atoms with Crippen molar-refractivity contribution in [2.75, 3.05) is 12.4 Å². The maximum Gasteiger partial charge on any atom is 0.252 e. The highest BCUT2D eigenvalue weighted by Gasteiger charge is 2.21. The molecule has 0 bridgehead atoms. The van der Waals surface area contributed by atoms with Crippen LogP contribution in [0.25, 0.3) is 0 Å². The maximum absolute atomic E-state index is 12.3. The van der Waals surface area contributed by atoms with Crippen LogP contribution in [0.4, 0.5) is 5.69 Å². The number of ether oxygens (including phenoxy) is 2. The van der Waals surface area contributed by atoms with Crippen molar-refractivity contribution in [2.45, 2.75) is 20.5 Å². The quantitative estimate of drug-likeness (QED) is 0.292. The van der Waals surface area contributed by atoms with Gasteiger partial charge in [0, 0.05) is 5.69 Å². The summed E-state index contributed by atoms with van der Waals surface area (Å²) < 4.78 is 10.9. The van der Waals surface area contributed by atoms with Gasteiger partial charge in [-0.1, -0.05) is 29.8 Å². The number of rotatable bonds is 9. The van der Waals surface area contributed by atoms with Crippen molar-refractivity contribution in [3.05, 3.63) is 89.5 Å². The first-order valence-corrected chi connectivity index (χ1v) is 10.5. The standard InChI is InChI=1S/C26H27N3O4/c1-18-5-4-6-21(15-18)17-33-24-11-7-20(8-12-24)16-27-29-26(31)19(2)25(30)28-22-9-13-23(32-3)14-10-22/h4-16,19H,17H2,1-3H3,(H,28,30)(H,29,31). The lowest BCUT2D eigenvalue weighted by Gasteiger charge is -2.11. The monoisotopic (exact) mass is 445 g/mol. The molecule has 1 atom stereocenters. The number of hydrogen-bond donors (Lipinski definition) is 2. The maximum atomic E-state index is 12.3. The largest absolute Gasteiger partial charge is 0.497 e. The number of anilines is 1. The van der Waals surface area contributed by atoms with Gasteiger partial charge in [0.1, 0.15) is 24.0 Å². The molecule has 0 radical (unpaired) electrons. The molecule has 7 heteroatoms. The van der Waals surface area contributed by atoms with Crippen LogP contribution in [0, 0.1) is 12.8 Å². The average molecular weight is 446 g/mol. The van der Waals surface area contributed by atoms with Gasteiger partial charge in [0.25, 0.3) is 5.91 Å². The van der Waals surface area contributed by atoms with E-state index in [2.05, 4.69) is 21.9 Å². The summed E-state index contributed by atoms with van der Waals surface area (Å²) in [7, 11) is 1.56. The minimum atomic E-state index is -0.915. The number of methoxy groups -OCH3 is 1. The van der Waals surface area contributed by atoms with Crippen LogP contribution in [-0.2, 0) is 16.2 Å². The van der Waals surface area contributed by atoms with Crippen molar-refractivity contribution in [3.63, 3.8) is 0 Å². The molecule has 0 fully saturated rings. The molecule has 33 heavy (non-hydrogen) atoms. The van der Waals surface area contributed by atoms with Gasteiger partial charge < -0.3 is 14.8 Å². The van der Waals surface area contributed by atoms with E-state index in [1.165, 1.54) is 18.7 Å². The number of nitrogens with zero attached hydrogens (tertiary/aromatic N) is 1. The van der Waals surface area contributed by atoms with Crippen molar-refractivity contribution in [1.29, 1.82) is 0 Å². The fourth-order valence-electron chi connectivity index (χ4n) is 2.93. The van der Waals surface area contributed by atoms with Gasteiger partial charge in [0.2, 0.25) is 5.91 Å². The number of carbonyl (C=O) groups is 2. The van der Waals surface area contributed by atoms with Gasteiger partial charge in [-0.2, -0.15) is 5.10 Å². The van der Waals surface area contributed by atoms with Crippen molar-refractivity contribution >= 4 is 23.7 Å². The summed E-state index contributed by atoms with van der Waals surface area (Å²) in [5, 5.41) is 6.64. The molecule has 2 amide bonds. The Morgan fingerprint density at radius 1 is 0.970 bits per heavy atom. The van der Waals surface area contributed by atoms with E-state index in [0.717, 1.165) is 16.9 Å². The molecule has 0 aliphatic carbocycles. The summed E-state index contributed by atoms with van der Waals surface area (Å²) >= 11 is 0. The van der Waals surface area contributed by atoms with E-state index in [-0.39, 0.29) is 0 Å². The molecular weight excluding hydrogens is 418 g/mol. The first-order valence-electron chi connectivity index (χ1n) is 10.5. The van der Waals surface area contributed by atoms with Gasteiger partial charge >= 0.3 is 0 Å². The van der Waals surface area contributed by atoms with Crippen LogP contribution in [-0.4, -0.2) is 25.1 Å². The van der Waals surface area contributed by atoms with Crippen LogP contribution in [0.3, 0.4) is 0 Å². The van der Waals surface area contributed by atoms with E-state index in [1.54, 1.807) is 31.4 Å². The number of hydrogen-bond acceptors (Lipinski definition) is 5. The predicted octanol–water partition coefficient (Wildman–Crippen LogP) is 4.31. The summed E-state index contributed by atoms with van der Waals surface area (Å²) in [4.78, 5) is 24.5. The van der Waals surface area contributed by atoms with Crippen LogP contribution in [0.5, 0.6) is 11.5 Å². The predicted molar refractivity (Wildman–Crippen MR) is 128 cm³/mol. The Morgan fingerprint density at radius 2 is 1.67 bits per heavy atom. The van der Waals surface area contributed by atoms with Gasteiger partial charge in [-0.15, -0.1) is 0 Å². The van der Waals surface area contributed by atoms with Gasteiger partial charge in [-0.05, 0) is 73.5 Å². The van der Waals surface area contributed by atoms with Crippen molar-refractivity contribution in [2.24, 2.45) is 11.0 Å². The van der Waals surface area contributed by atoms with Crippen molar-refractivity contribution < 1.29 is 19.1 Å².